The lowest BCUT2D eigenvalue weighted by molar-refractivity contribution is -0.142. The topological polar surface area (TPSA) is 194 Å². The first-order valence-corrected chi connectivity index (χ1v) is 8.13. The largest absolute Gasteiger partial charge is 0.480 e. The molecule has 11 nitrogen and oxygen atoms in total. The van der Waals surface area contributed by atoms with E-state index in [2.05, 4.69) is 16.0 Å². The van der Waals surface area contributed by atoms with Crippen LogP contribution >= 0.6 is 0 Å². The second-order valence-electron chi connectivity index (χ2n) is 6.19. The van der Waals surface area contributed by atoms with Crippen molar-refractivity contribution in [2.24, 2.45) is 17.4 Å². The third-order valence-corrected chi connectivity index (χ3v) is 3.24. The van der Waals surface area contributed by atoms with Gasteiger partial charge in [-0.1, -0.05) is 13.8 Å². The quantitative estimate of drug-likeness (QED) is 0.216. The number of carbonyl (C=O) groups is 5. The molecule has 148 valence electrons. The van der Waals surface area contributed by atoms with Crippen molar-refractivity contribution < 1.29 is 29.1 Å². The van der Waals surface area contributed by atoms with Crippen molar-refractivity contribution in [3.63, 3.8) is 0 Å². The highest BCUT2D eigenvalue weighted by molar-refractivity contribution is 5.90. The summed E-state index contributed by atoms with van der Waals surface area (Å²) in [4.78, 5) is 56.6. The molecule has 0 aromatic rings. The van der Waals surface area contributed by atoms with Gasteiger partial charge in [-0.25, -0.2) is 4.79 Å². The van der Waals surface area contributed by atoms with Crippen molar-refractivity contribution in [1.82, 2.24) is 16.0 Å². The lowest BCUT2D eigenvalue weighted by atomic mass is 10.0. The monoisotopic (exact) mass is 373 g/mol. The van der Waals surface area contributed by atoms with Crippen molar-refractivity contribution in [1.29, 1.82) is 0 Å². The fourth-order valence-electron chi connectivity index (χ4n) is 1.94. The molecule has 0 saturated heterocycles. The summed E-state index contributed by atoms with van der Waals surface area (Å²) in [5, 5.41) is 15.7. The third kappa shape index (κ3) is 11.0. The first kappa shape index (κ1) is 23.3. The molecule has 0 bridgehead atoms. The number of rotatable bonds is 12. The lowest BCUT2D eigenvalue weighted by Gasteiger charge is -2.15. The minimum absolute atomic E-state index is 0.159. The van der Waals surface area contributed by atoms with Gasteiger partial charge in [-0.05, 0) is 18.8 Å². The van der Waals surface area contributed by atoms with Gasteiger partial charge in [0.15, 0.2) is 0 Å². The number of hydrogen-bond donors (Lipinski definition) is 6. The summed E-state index contributed by atoms with van der Waals surface area (Å²) in [6.45, 7) is 2.98. The van der Waals surface area contributed by atoms with E-state index in [4.69, 9.17) is 16.6 Å². The fourth-order valence-corrected chi connectivity index (χ4v) is 1.94. The van der Waals surface area contributed by atoms with Crippen LogP contribution < -0.4 is 27.4 Å². The molecule has 0 heterocycles. The van der Waals surface area contributed by atoms with Crippen LogP contribution in [0.15, 0.2) is 0 Å². The van der Waals surface area contributed by atoms with Crippen molar-refractivity contribution in [3.8, 4) is 0 Å². The van der Waals surface area contributed by atoms with Crippen molar-refractivity contribution in [3.05, 3.63) is 0 Å². The summed E-state index contributed by atoms with van der Waals surface area (Å²) >= 11 is 0. The minimum atomic E-state index is -1.32. The molecule has 0 aliphatic rings. The zero-order valence-corrected chi connectivity index (χ0v) is 14.9. The average Bonchev–Trinajstić information content (AvgIpc) is 2.53. The highest BCUT2D eigenvalue weighted by Crippen LogP contribution is 2.02. The molecule has 0 aromatic heterocycles. The van der Waals surface area contributed by atoms with Crippen LogP contribution in [0, 0.1) is 5.92 Å². The molecule has 0 radical (unpaired) electrons. The normalized spacial score (nSPS) is 12.8. The number of hydrogen-bond acceptors (Lipinski definition) is 6. The number of nitrogens with one attached hydrogen (secondary N) is 3. The standard InChI is InChI=1S/C15H27N5O6/c1-8(2)5-9(16)14(24)19-6-12(22)18-7-13(23)20-10(15(25)26)3-4-11(17)21/h8-10H,3-7,16H2,1-2H3,(H2,17,21)(H,18,22)(H,19,24)(H,20,23)(H,25,26). The zero-order chi connectivity index (χ0) is 20.3. The van der Waals surface area contributed by atoms with E-state index in [1.165, 1.54) is 0 Å². The number of carbonyl (C=O) groups excluding carboxylic acids is 4. The summed E-state index contributed by atoms with van der Waals surface area (Å²) < 4.78 is 0. The maximum atomic E-state index is 11.7. The molecular weight excluding hydrogens is 346 g/mol. The van der Waals surface area contributed by atoms with Crippen LogP contribution in [0.1, 0.15) is 33.1 Å². The Labute approximate surface area is 151 Å². The smallest absolute Gasteiger partial charge is 0.326 e. The maximum Gasteiger partial charge on any atom is 0.326 e. The summed E-state index contributed by atoms with van der Waals surface area (Å²) in [6, 6.07) is -2.02. The molecule has 4 amide bonds. The molecule has 11 heteroatoms. The number of carboxylic acids is 1. The molecular formula is C15H27N5O6. The van der Waals surface area contributed by atoms with Gasteiger partial charge < -0.3 is 32.5 Å². The number of aliphatic carboxylic acids is 1. The molecule has 0 aliphatic heterocycles. The molecule has 2 unspecified atom stereocenters. The number of primary amides is 1. The van der Waals surface area contributed by atoms with Gasteiger partial charge in [0.25, 0.3) is 0 Å². The van der Waals surface area contributed by atoms with Gasteiger partial charge in [-0.15, -0.1) is 0 Å². The van der Waals surface area contributed by atoms with Crippen LogP contribution in [0.2, 0.25) is 0 Å². The first-order valence-electron chi connectivity index (χ1n) is 8.13. The van der Waals surface area contributed by atoms with E-state index < -0.39 is 48.2 Å². The molecule has 0 aliphatic carbocycles. The predicted octanol–water partition coefficient (Wildman–Crippen LogP) is -2.57. The summed E-state index contributed by atoms with van der Waals surface area (Å²) in [5.41, 5.74) is 10.6. The molecule has 0 rings (SSSR count). The maximum absolute atomic E-state index is 11.7. The highest BCUT2D eigenvalue weighted by atomic mass is 16.4. The second-order valence-corrected chi connectivity index (χ2v) is 6.19. The van der Waals surface area contributed by atoms with Gasteiger partial charge in [0.05, 0.1) is 19.1 Å². The van der Waals surface area contributed by atoms with Gasteiger partial charge in [-0.2, -0.15) is 0 Å². The third-order valence-electron chi connectivity index (χ3n) is 3.24. The van der Waals surface area contributed by atoms with Crippen molar-refractivity contribution >= 4 is 29.6 Å². The Morgan fingerprint density at radius 3 is 2.08 bits per heavy atom. The Bertz CT molecular complexity index is 537. The predicted molar refractivity (Wildman–Crippen MR) is 91.4 cm³/mol. The number of amides is 4. The fraction of sp³-hybridized carbons (Fsp3) is 0.667. The average molecular weight is 373 g/mol. The van der Waals surface area contributed by atoms with Crippen LogP contribution in [0.25, 0.3) is 0 Å². The Balaban J connectivity index is 4.20. The van der Waals surface area contributed by atoms with Crippen molar-refractivity contribution in [2.45, 2.75) is 45.2 Å². The van der Waals surface area contributed by atoms with E-state index in [1.807, 2.05) is 13.8 Å². The van der Waals surface area contributed by atoms with Gasteiger partial charge in [0, 0.05) is 6.42 Å². The highest BCUT2D eigenvalue weighted by Gasteiger charge is 2.21. The lowest BCUT2D eigenvalue weighted by Crippen LogP contribution is -2.48. The van der Waals surface area contributed by atoms with Crippen LogP contribution in [-0.2, 0) is 24.0 Å². The van der Waals surface area contributed by atoms with Crippen LogP contribution in [0.5, 0.6) is 0 Å². The van der Waals surface area contributed by atoms with E-state index in [-0.39, 0.29) is 25.3 Å². The van der Waals surface area contributed by atoms with Gasteiger partial charge in [0.2, 0.25) is 23.6 Å². The van der Waals surface area contributed by atoms with E-state index in [9.17, 15) is 24.0 Å². The minimum Gasteiger partial charge on any atom is -0.480 e. The zero-order valence-electron chi connectivity index (χ0n) is 14.9. The van der Waals surface area contributed by atoms with E-state index >= 15 is 0 Å². The molecule has 8 N–H and O–H groups in total. The number of carboxylic acid groups (broad SMARTS) is 1. The van der Waals surface area contributed by atoms with E-state index in [0.717, 1.165) is 0 Å². The van der Waals surface area contributed by atoms with Crippen LogP contribution in [-0.4, -0.2) is 59.9 Å². The van der Waals surface area contributed by atoms with Gasteiger partial charge in [0.1, 0.15) is 6.04 Å². The molecule has 0 saturated carbocycles. The van der Waals surface area contributed by atoms with Gasteiger partial charge in [-0.3, -0.25) is 19.2 Å². The molecule has 26 heavy (non-hydrogen) atoms. The Morgan fingerprint density at radius 1 is 1.00 bits per heavy atom. The van der Waals surface area contributed by atoms with Gasteiger partial charge >= 0.3 is 5.97 Å². The van der Waals surface area contributed by atoms with Crippen LogP contribution in [0.3, 0.4) is 0 Å². The Kier molecular flexibility index (Phi) is 10.6. The number of nitrogens with two attached hydrogens (primary N) is 2. The Hall–Kier alpha value is -2.69. The van der Waals surface area contributed by atoms with Crippen molar-refractivity contribution in [2.75, 3.05) is 13.1 Å². The molecule has 0 fully saturated rings. The van der Waals surface area contributed by atoms with E-state index in [0.29, 0.717) is 6.42 Å². The summed E-state index contributed by atoms with van der Waals surface area (Å²) in [7, 11) is 0. The summed E-state index contributed by atoms with van der Waals surface area (Å²) in [5.74, 6) is -3.64. The summed E-state index contributed by atoms with van der Waals surface area (Å²) in [6.07, 6.45) is 0.109. The molecule has 2 atom stereocenters. The Morgan fingerprint density at radius 2 is 1.58 bits per heavy atom. The first-order chi connectivity index (χ1) is 12.0. The van der Waals surface area contributed by atoms with Crippen LogP contribution in [0.4, 0.5) is 0 Å². The second kappa shape index (κ2) is 11.8. The molecule has 0 aromatic carbocycles. The van der Waals surface area contributed by atoms with E-state index in [1.54, 1.807) is 0 Å². The SMILES string of the molecule is CC(C)CC(N)C(=O)NCC(=O)NCC(=O)NC(CCC(N)=O)C(=O)O. The molecule has 0 spiro atoms.